The second kappa shape index (κ2) is 4.46. The lowest BCUT2D eigenvalue weighted by Crippen LogP contribution is -2.24. The molecule has 0 saturated carbocycles. The van der Waals surface area contributed by atoms with E-state index < -0.39 is 5.91 Å². The van der Waals surface area contributed by atoms with Crippen molar-refractivity contribution >= 4 is 11.7 Å². The highest BCUT2D eigenvalue weighted by molar-refractivity contribution is 5.89. The van der Waals surface area contributed by atoms with Crippen molar-refractivity contribution in [3.63, 3.8) is 0 Å². The van der Waals surface area contributed by atoms with Crippen molar-refractivity contribution in [3.05, 3.63) is 23.3 Å². The Bertz CT molecular complexity index is 563. The minimum atomic E-state index is -0.477. The van der Waals surface area contributed by atoms with Crippen molar-refractivity contribution in [1.29, 1.82) is 0 Å². The van der Waals surface area contributed by atoms with Gasteiger partial charge in [0.2, 0.25) is 5.82 Å². The second-order valence-electron chi connectivity index (χ2n) is 3.55. The van der Waals surface area contributed by atoms with Crippen molar-refractivity contribution in [1.82, 2.24) is 25.1 Å². The number of amides is 1. The van der Waals surface area contributed by atoms with E-state index in [0.717, 1.165) is 11.4 Å². The van der Waals surface area contributed by atoms with Gasteiger partial charge in [0, 0.05) is 11.4 Å². The molecular weight excluding hydrogens is 222 g/mol. The van der Waals surface area contributed by atoms with Gasteiger partial charge in [-0.3, -0.25) is 9.63 Å². The first-order valence-electron chi connectivity index (χ1n) is 5.25. The van der Waals surface area contributed by atoms with Crippen LogP contribution < -0.4 is 5.48 Å². The summed E-state index contributed by atoms with van der Waals surface area (Å²) >= 11 is 0. The first kappa shape index (κ1) is 11.5. The maximum atomic E-state index is 11.6. The summed E-state index contributed by atoms with van der Waals surface area (Å²) in [5.74, 6) is -0.0294. The van der Waals surface area contributed by atoms with E-state index >= 15 is 0 Å². The molecule has 1 amide bonds. The standard InChI is InChI=1S/C10H13N5O2/c1-4-17-14-9(16)8-12-10-11-6(2)5-7(3)15(10)13-8/h5H,4H2,1-3H3,(H,14,16). The van der Waals surface area contributed by atoms with Crippen molar-refractivity contribution in [2.24, 2.45) is 0 Å². The average Bonchev–Trinajstić information content (AvgIpc) is 2.69. The van der Waals surface area contributed by atoms with Crippen LogP contribution in [0.3, 0.4) is 0 Å². The number of hydrogen-bond acceptors (Lipinski definition) is 5. The van der Waals surface area contributed by atoms with Crippen LogP contribution in [-0.4, -0.2) is 32.1 Å². The molecule has 0 aliphatic rings. The highest BCUT2D eigenvalue weighted by Crippen LogP contribution is 2.05. The van der Waals surface area contributed by atoms with Crippen LogP contribution >= 0.6 is 0 Å². The molecule has 0 unspecified atom stereocenters. The van der Waals surface area contributed by atoms with Crippen LogP contribution in [0, 0.1) is 13.8 Å². The van der Waals surface area contributed by atoms with E-state index in [0.29, 0.717) is 12.4 Å². The van der Waals surface area contributed by atoms with Crippen molar-refractivity contribution in [2.45, 2.75) is 20.8 Å². The molecule has 0 atom stereocenters. The molecule has 0 radical (unpaired) electrons. The third-order valence-electron chi connectivity index (χ3n) is 2.13. The number of hydroxylamine groups is 1. The Morgan fingerprint density at radius 1 is 1.47 bits per heavy atom. The zero-order chi connectivity index (χ0) is 12.4. The number of nitrogens with one attached hydrogen (secondary N) is 1. The topological polar surface area (TPSA) is 81.4 Å². The molecule has 2 aromatic heterocycles. The fourth-order valence-corrected chi connectivity index (χ4v) is 1.45. The maximum Gasteiger partial charge on any atom is 0.314 e. The Morgan fingerprint density at radius 3 is 2.94 bits per heavy atom. The van der Waals surface area contributed by atoms with Crippen molar-refractivity contribution in [3.8, 4) is 0 Å². The van der Waals surface area contributed by atoms with Gasteiger partial charge in [-0.15, -0.1) is 5.10 Å². The molecule has 0 spiro atoms. The van der Waals surface area contributed by atoms with Crippen LogP contribution in [0.5, 0.6) is 0 Å². The van der Waals surface area contributed by atoms with Gasteiger partial charge in [-0.05, 0) is 26.8 Å². The highest BCUT2D eigenvalue weighted by atomic mass is 16.6. The number of fused-ring (bicyclic) bond motifs is 1. The summed E-state index contributed by atoms with van der Waals surface area (Å²) in [6, 6.07) is 1.87. The molecule has 0 bridgehead atoms. The molecular formula is C10H13N5O2. The molecule has 7 heteroatoms. The molecule has 17 heavy (non-hydrogen) atoms. The van der Waals surface area contributed by atoms with E-state index in [2.05, 4.69) is 20.5 Å². The number of carbonyl (C=O) groups excluding carboxylic acids is 1. The van der Waals surface area contributed by atoms with E-state index in [1.165, 1.54) is 4.52 Å². The molecule has 7 nitrogen and oxygen atoms in total. The number of aromatic nitrogens is 4. The third-order valence-corrected chi connectivity index (χ3v) is 2.13. The summed E-state index contributed by atoms with van der Waals surface area (Å²) in [4.78, 5) is 24.6. The first-order valence-corrected chi connectivity index (χ1v) is 5.25. The molecule has 1 N–H and O–H groups in total. The molecule has 2 rings (SSSR count). The third kappa shape index (κ3) is 2.23. The minimum absolute atomic E-state index is 0.0413. The molecule has 0 fully saturated rings. The van der Waals surface area contributed by atoms with Crippen LogP contribution in [0.1, 0.15) is 28.9 Å². The SMILES string of the molecule is CCONC(=O)c1nc2nc(C)cc(C)n2n1. The lowest BCUT2D eigenvalue weighted by Gasteiger charge is -1.98. The van der Waals surface area contributed by atoms with Gasteiger partial charge in [0.15, 0.2) is 0 Å². The monoisotopic (exact) mass is 235 g/mol. The van der Waals surface area contributed by atoms with Gasteiger partial charge in [0.05, 0.1) is 6.61 Å². The number of carbonyl (C=O) groups is 1. The van der Waals surface area contributed by atoms with Crippen LogP contribution in [0.2, 0.25) is 0 Å². The van der Waals surface area contributed by atoms with E-state index in [1.54, 1.807) is 6.92 Å². The van der Waals surface area contributed by atoms with Gasteiger partial charge in [-0.2, -0.15) is 4.98 Å². The van der Waals surface area contributed by atoms with Gasteiger partial charge >= 0.3 is 5.91 Å². The smallest absolute Gasteiger partial charge is 0.274 e. The van der Waals surface area contributed by atoms with E-state index in [1.807, 2.05) is 19.9 Å². The largest absolute Gasteiger partial charge is 0.314 e. The molecule has 0 aromatic carbocycles. The number of aryl methyl sites for hydroxylation is 2. The number of nitrogens with zero attached hydrogens (tertiary/aromatic N) is 4. The van der Waals surface area contributed by atoms with Crippen LogP contribution in [0.4, 0.5) is 0 Å². The molecule has 2 aromatic rings. The zero-order valence-corrected chi connectivity index (χ0v) is 9.89. The minimum Gasteiger partial charge on any atom is -0.274 e. The summed E-state index contributed by atoms with van der Waals surface area (Å²) in [7, 11) is 0. The Morgan fingerprint density at radius 2 is 2.24 bits per heavy atom. The summed E-state index contributed by atoms with van der Waals surface area (Å²) in [6.45, 7) is 5.89. The predicted octanol–water partition coefficient (Wildman–Crippen LogP) is 0.422. The molecule has 0 aliphatic carbocycles. The molecule has 0 saturated heterocycles. The summed E-state index contributed by atoms with van der Waals surface area (Å²) in [5, 5.41) is 4.06. The summed E-state index contributed by atoms with van der Waals surface area (Å²) < 4.78 is 1.52. The Hall–Kier alpha value is -2.02. The predicted molar refractivity (Wildman–Crippen MR) is 59.3 cm³/mol. The summed E-state index contributed by atoms with van der Waals surface area (Å²) in [6.07, 6.45) is 0. The van der Waals surface area contributed by atoms with Gasteiger partial charge in [-0.25, -0.2) is 15.0 Å². The number of hydrogen-bond donors (Lipinski definition) is 1. The second-order valence-corrected chi connectivity index (χ2v) is 3.55. The summed E-state index contributed by atoms with van der Waals surface area (Å²) in [5.41, 5.74) is 3.94. The van der Waals surface area contributed by atoms with Crippen LogP contribution in [-0.2, 0) is 4.84 Å². The first-order chi connectivity index (χ1) is 8.11. The van der Waals surface area contributed by atoms with Crippen molar-refractivity contribution < 1.29 is 9.63 Å². The van der Waals surface area contributed by atoms with Crippen molar-refractivity contribution in [2.75, 3.05) is 6.61 Å². The van der Waals surface area contributed by atoms with Gasteiger partial charge in [-0.1, -0.05) is 0 Å². The lowest BCUT2D eigenvalue weighted by molar-refractivity contribution is 0.0355. The fraction of sp³-hybridized carbons (Fsp3) is 0.400. The van der Waals surface area contributed by atoms with Gasteiger partial charge in [0.1, 0.15) is 0 Å². The Balaban J connectivity index is 2.37. The normalized spacial score (nSPS) is 10.8. The van der Waals surface area contributed by atoms with E-state index in [-0.39, 0.29) is 5.82 Å². The number of rotatable bonds is 3. The van der Waals surface area contributed by atoms with Gasteiger partial charge < -0.3 is 0 Å². The van der Waals surface area contributed by atoms with Gasteiger partial charge in [0.25, 0.3) is 5.78 Å². The average molecular weight is 235 g/mol. The van der Waals surface area contributed by atoms with Crippen LogP contribution in [0.25, 0.3) is 5.78 Å². The highest BCUT2D eigenvalue weighted by Gasteiger charge is 2.14. The zero-order valence-electron chi connectivity index (χ0n) is 9.89. The maximum absolute atomic E-state index is 11.6. The Labute approximate surface area is 97.8 Å². The lowest BCUT2D eigenvalue weighted by atomic mass is 10.4. The fourth-order valence-electron chi connectivity index (χ4n) is 1.45. The molecule has 90 valence electrons. The van der Waals surface area contributed by atoms with Crippen LogP contribution in [0.15, 0.2) is 6.07 Å². The molecule has 0 aliphatic heterocycles. The van der Waals surface area contributed by atoms with E-state index in [4.69, 9.17) is 4.84 Å². The van der Waals surface area contributed by atoms with E-state index in [9.17, 15) is 4.79 Å². The quantitative estimate of drug-likeness (QED) is 0.780. The Kier molecular flexibility index (Phi) is 3.01. The molecule has 2 heterocycles.